The molecule has 53 heteroatoms. The van der Waals surface area contributed by atoms with E-state index in [9.17, 15) is 0 Å². The van der Waals surface area contributed by atoms with Crippen molar-refractivity contribution < 1.29 is 74.4 Å². The molecule has 0 unspecified atom stereocenters. The van der Waals surface area contributed by atoms with Gasteiger partial charge in [-0.15, -0.1) is 546 Å². The van der Waals surface area contributed by atoms with E-state index in [-0.39, 0.29) is 690 Å². The van der Waals surface area contributed by atoms with Gasteiger partial charge < -0.3 is 74.4 Å². The first-order valence-corrected chi connectivity index (χ1v) is 0. The molecule has 0 amide bonds. The Bertz CT molecular complexity index is 16.6. The summed E-state index contributed by atoms with van der Waals surface area (Å²) in [6.07, 6.45) is 0. The Hall–Kier alpha value is 16.8. The second kappa shape index (κ2) is 1120. The molecule has 0 aliphatic carbocycles. The van der Waals surface area contributed by atoms with Crippen LogP contribution in [0.3, 0.4) is 0 Å². The van der Waals surface area contributed by atoms with Gasteiger partial charge in [-0.2, -0.15) is 0 Å². The quantitative estimate of drug-likeness (QED) is 0.286. The second-order valence-electron chi connectivity index (χ2n) is 0. The van der Waals surface area contributed by atoms with Gasteiger partial charge in [0.1, 0.15) is 0 Å². The third-order valence-electron chi connectivity index (χ3n) is 0. The second-order valence-corrected chi connectivity index (χ2v) is 0. The van der Waals surface area contributed by atoms with Gasteiger partial charge in [-0.1, -0.05) is 0 Å². The molecule has 0 fully saturated rings. The minimum absolute atomic E-state index is 0. The van der Waals surface area contributed by atoms with Crippen molar-refractivity contribution in [3.8, 4) is 0 Å². The van der Waals surface area contributed by atoms with Crippen molar-refractivity contribution in [3.63, 3.8) is 0 Å². The fourth-order valence-corrected chi connectivity index (χ4v) is 0. The Morgan fingerprint density at radius 1 is 0.0566 bits per heavy atom. The Morgan fingerprint density at radius 2 is 0.0566 bits per heavy atom. The van der Waals surface area contributed by atoms with E-state index in [4.69, 9.17) is 0 Å². The first kappa shape index (κ1) is 1170. The largest absolute Gasteiger partial charge is 2.00 e. The average Bonchev–Trinajstić information content (AvgIpc) is 0. The van der Waals surface area contributed by atoms with Crippen LogP contribution in [0.4, 0.5) is 0 Å². The van der Waals surface area contributed by atoms with Gasteiger partial charge in [0.15, 0.2) is 0 Å². The maximum Gasteiger partial charge on any atom is 2.00 e. The number of hydrogen-bond acceptors (Lipinski definition) is 0. The summed E-state index contributed by atoms with van der Waals surface area (Å²) in [4.78, 5) is 0. The van der Waals surface area contributed by atoms with Gasteiger partial charge in [0.05, 0.1) is 0 Å². The van der Waals surface area contributed by atoms with Crippen molar-refractivity contribution >= 4 is 615 Å². The Kier molecular flexibility index (Phi) is 24800. The number of halogens is 50. The van der Waals surface area contributed by atoms with Crippen molar-refractivity contribution in [1.82, 2.24) is 0 Å². The SMILES string of the molecule is Cl.Cl.Cl.Cl.Cl.Cl.Cl.Cl.Cl.Cl.Cl.Cl.Cl.Cl.Cl.Cl.Cl.Cl.Cl.Cl.Cl.Cl.Cl.Cl.Cl.Cl.Cl.Cl.Cl.Cl.Cl.Cl.Cl.Cl.Cl.Cl.Cl.Cl.Cl.Cl.Cl.Cl.Cl.Cl.[Cl-].[Cl-].[Cl-].[Cl-].[Cl-].[Cl-].[Mg+2].[Mg+2].[Mg+2]. The summed E-state index contributed by atoms with van der Waals surface area (Å²) >= 11 is 0. The molecular weight excluding hydrogens is 1850 g/mol. The van der Waals surface area contributed by atoms with E-state index in [0.29, 0.717) is 0 Å². The molecule has 0 atom stereocenters. The van der Waals surface area contributed by atoms with Crippen molar-refractivity contribution in [2.45, 2.75) is 0 Å². The predicted octanol–water partition coefficient (Wildman–Crippen LogP) is -0.559. The van der Waals surface area contributed by atoms with E-state index in [1.165, 1.54) is 0 Å². The van der Waals surface area contributed by atoms with Crippen LogP contribution < -0.4 is 74.4 Å². The zero-order chi connectivity index (χ0) is 0. The molecule has 400 valence electrons. The molecular formula is H44Cl50Mg3. The summed E-state index contributed by atoms with van der Waals surface area (Å²) in [5, 5.41) is 0. The van der Waals surface area contributed by atoms with Crippen LogP contribution in [-0.2, 0) is 0 Å². The van der Waals surface area contributed by atoms with Crippen LogP contribution in [0.2, 0.25) is 0 Å². The van der Waals surface area contributed by atoms with Crippen LogP contribution >= 0.6 is 546 Å². The third-order valence-corrected chi connectivity index (χ3v) is 0. The van der Waals surface area contributed by atoms with Crippen LogP contribution in [0.5, 0.6) is 0 Å². The maximum absolute atomic E-state index is 0. The minimum atomic E-state index is 0. The Labute approximate surface area is 676 Å². The van der Waals surface area contributed by atoms with E-state index in [1.807, 2.05) is 0 Å². The molecule has 0 aromatic rings. The topological polar surface area (TPSA) is 0 Å². The van der Waals surface area contributed by atoms with Crippen LogP contribution in [0.25, 0.3) is 0 Å². The number of rotatable bonds is 0. The average molecular weight is 1890 g/mol. The molecule has 0 nitrogen and oxygen atoms in total. The molecule has 53 heavy (non-hydrogen) atoms. The third kappa shape index (κ3) is 1090. The van der Waals surface area contributed by atoms with Gasteiger partial charge in [-0.05, 0) is 0 Å². The molecule has 0 rings (SSSR count). The van der Waals surface area contributed by atoms with Crippen LogP contribution in [-0.4, -0.2) is 69.2 Å². The Balaban J connectivity index is 0. The zero-order valence-electron chi connectivity index (χ0n) is 22.4. The molecule has 0 bridgehead atoms. The number of hydrogen-bond donors (Lipinski definition) is 0. The molecule has 0 saturated heterocycles. The minimum Gasteiger partial charge on any atom is -1.00 e. The molecule has 0 radical (unpaired) electrons. The van der Waals surface area contributed by atoms with E-state index in [0.717, 1.165) is 0 Å². The fourth-order valence-electron chi connectivity index (χ4n) is 0. The van der Waals surface area contributed by atoms with Gasteiger partial charge in [0.25, 0.3) is 0 Å². The standard InChI is InChI=1S/50ClH.3Mg/h50*1H;;;/q;;;;;;;;;;;;;;;;;;;;;;;;;;;;;;;;;;;;;;;;;;;;;;;;;;3*+2/p-6. The zero-order valence-corrected chi connectivity index (χ0v) is 67.1. The Morgan fingerprint density at radius 3 is 0.0566 bits per heavy atom. The van der Waals surface area contributed by atoms with Gasteiger partial charge in [-0.25, -0.2) is 0 Å². The molecule has 0 aromatic heterocycles. The van der Waals surface area contributed by atoms with Crippen LogP contribution in [0.15, 0.2) is 0 Å². The predicted molar refractivity (Wildman–Crippen MR) is 336 cm³/mol. The van der Waals surface area contributed by atoms with Crippen LogP contribution in [0.1, 0.15) is 0 Å². The molecule has 0 spiro atoms. The monoisotopic (exact) mass is 1860 g/mol. The summed E-state index contributed by atoms with van der Waals surface area (Å²) < 4.78 is 0. The summed E-state index contributed by atoms with van der Waals surface area (Å²) in [6, 6.07) is 0. The van der Waals surface area contributed by atoms with Crippen LogP contribution in [0, 0.1) is 0 Å². The summed E-state index contributed by atoms with van der Waals surface area (Å²) in [5.41, 5.74) is 0. The normalized spacial score (nSPS) is 0. The first-order valence-electron chi connectivity index (χ1n) is 0. The molecule has 0 aliphatic rings. The molecule has 0 heterocycles. The molecule has 0 N–H and O–H groups in total. The smallest absolute Gasteiger partial charge is 1.00 e. The van der Waals surface area contributed by atoms with Gasteiger partial charge in [0.2, 0.25) is 0 Å². The van der Waals surface area contributed by atoms with E-state index in [1.54, 1.807) is 0 Å². The molecule has 0 aliphatic heterocycles. The van der Waals surface area contributed by atoms with E-state index >= 15 is 0 Å². The summed E-state index contributed by atoms with van der Waals surface area (Å²) in [7, 11) is 0. The molecule has 0 aromatic carbocycles. The summed E-state index contributed by atoms with van der Waals surface area (Å²) in [6.45, 7) is 0. The van der Waals surface area contributed by atoms with E-state index < -0.39 is 0 Å². The van der Waals surface area contributed by atoms with Crippen molar-refractivity contribution in [1.29, 1.82) is 0 Å². The summed E-state index contributed by atoms with van der Waals surface area (Å²) in [5.74, 6) is 0. The van der Waals surface area contributed by atoms with Gasteiger partial charge in [-0.3, -0.25) is 0 Å². The van der Waals surface area contributed by atoms with Gasteiger partial charge >= 0.3 is 69.2 Å². The van der Waals surface area contributed by atoms with E-state index in [2.05, 4.69) is 0 Å². The first-order chi connectivity index (χ1) is 0. The maximum atomic E-state index is 0. The van der Waals surface area contributed by atoms with Crippen molar-refractivity contribution in [2.24, 2.45) is 0 Å². The fraction of sp³-hybridized carbons (Fsp3) is 0. The van der Waals surface area contributed by atoms with Crippen molar-refractivity contribution in [3.05, 3.63) is 0 Å². The molecule has 0 saturated carbocycles. The van der Waals surface area contributed by atoms with Crippen molar-refractivity contribution in [2.75, 3.05) is 0 Å². The van der Waals surface area contributed by atoms with Gasteiger partial charge in [0, 0.05) is 0 Å².